The molecule has 2 heterocycles. The third-order valence-corrected chi connectivity index (χ3v) is 7.36. The Kier molecular flexibility index (Phi) is 6.06. The number of nitro groups is 1. The summed E-state index contributed by atoms with van der Waals surface area (Å²) in [5, 5.41) is 11.6. The molecule has 0 aromatic heterocycles. The van der Waals surface area contributed by atoms with Crippen molar-refractivity contribution in [1.29, 1.82) is 0 Å². The molecule has 0 spiro atoms. The van der Waals surface area contributed by atoms with Crippen LogP contribution in [0.25, 0.3) is 0 Å². The zero-order valence-corrected chi connectivity index (χ0v) is 16.7. The summed E-state index contributed by atoms with van der Waals surface area (Å²) in [7, 11) is -2.05. The molecule has 0 radical (unpaired) electrons. The van der Waals surface area contributed by atoms with Crippen LogP contribution in [0.1, 0.15) is 12.8 Å². The van der Waals surface area contributed by atoms with E-state index in [1.54, 1.807) is 0 Å². The number of anilines is 1. The highest BCUT2D eigenvalue weighted by atomic mass is 32.2. The number of sulfonamides is 1. The van der Waals surface area contributed by atoms with E-state index in [1.165, 1.54) is 21.3 Å². The van der Waals surface area contributed by atoms with Crippen LogP contribution in [0.3, 0.4) is 0 Å². The van der Waals surface area contributed by atoms with Gasteiger partial charge in [-0.1, -0.05) is 0 Å². The van der Waals surface area contributed by atoms with Crippen LogP contribution in [-0.2, 0) is 10.0 Å². The molecular weight excluding hydrogens is 413 g/mol. The first-order valence-corrected chi connectivity index (χ1v) is 10.7. The number of likely N-dealkylation sites (N-methyl/N-ethyl adjacent to an activating group) is 1. The van der Waals surface area contributed by atoms with E-state index in [1.807, 2.05) is 11.9 Å². The van der Waals surface area contributed by atoms with E-state index in [-0.39, 0.29) is 49.6 Å². The molecule has 162 valence electrons. The average molecular weight is 436 g/mol. The lowest BCUT2D eigenvalue weighted by molar-refractivity contribution is -0.384. The largest absolute Gasteiger partial charge is 0.393 e. The fourth-order valence-electron chi connectivity index (χ4n) is 3.72. The number of piperidine rings is 1. The van der Waals surface area contributed by atoms with Crippen LogP contribution >= 0.6 is 0 Å². The fraction of sp³-hybridized carbons (Fsp3) is 0.647. The fourth-order valence-corrected chi connectivity index (χ4v) is 5.16. The monoisotopic (exact) mass is 436 g/mol. The van der Waals surface area contributed by atoms with Crippen molar-refractivity contribution in [2.75, 3.05) is 51.2 Å². The lowest BCUT2D eigenvalue weighted by Gasteiger charge is -2.35. The number of nitrogens with zero attached hydrogens (tertiary/aromatic N) is 4. The van der Waals surface area contributed by atoms with Crippen LogP contribution in [0.15, 0.2) is 23.1 Å². The second-order valence-corrected chi connectivity index (χ2v) is 9.38. The van der Waals surface area contributed by atoms with Crippen molar-refractivity contribution in [2.45, 2.75) is 23.9 Å². The summed E-state index contributed by atoms with van der Waals surface area (Å²) in [6.45, 7) is 1.51. The molecule has 0 N–H and O–H groups in total. The number of rotatable bonds is 4. The van der Waals surface area contributed by atoms with Crippen molar-refractivity contribution in [3.05, 3.63) is 28.3 Å². The van der Waals surface area contributed by atoms with E-state index in [2.05, 4.69) is 0 Å². The first-order valence-electron chi connectivity index (χ1n) is 9.29. The van der Waals surface area contributed by atoms with Crippen molar-refractivity contribution in [2.24, 2.45) is 5.92 Å². The Morgan fingerprint density at radius 2 is 1.79 bits per heavy atom. The number of nitro benzene ring substituents is 1. The predicted octanol–water partition coefficient (Wildman–Crippen LogP) is 2.31. The molecule has 2 saturated heterocycles. The van der Waals surface area contributed by atoms with Gasteiger partial charge in [0.15, 0.2) is 0 Å². The molecule has 1 atom stereocenters. The summed E-state index contributed by atoms with van der Waals surface area (Å²) in [6, 6.07) is 3.45. The van der Waals surface area contributed by atoms with Gasteiger partial charge in [0.2, 0.25) is 10.0 Å². The summed E-state index contributed by atoms with van der Waals surface area (Å²) >= 11 is 0. The summed E-state index contributed by atoms with van der Waals surface area (Å²) in [5.74, 6) is -1.57. The Bertz CT molecular complexity index is 870. The predicted molar refractivity (Wildman–Crippen MR) is 100 cm³/mol. The van der Waals surface area contributed by atoms with Gasteiger partial charge in [-0.3, -0.25) is 10.1 Å². The molecule has 0 amide bonds. The van der Waals surface area contributed by atoms with Crippen molar-refractivity contribution in [1.82, 2.24) is 9.21 Å². The van der Waals surface area contributed by atoms with Gasteiger partial charge in [-0.2, -0.15) is 17.5 Å². The van der Waals surface area contributed by atoms with Gasteiger partial charge >= 0.3 is 6.18 Å². The van der Waals surface area contributed by atoms with E-state index in [4.69, 9.17) is 0 Å². The van der Waals surface area contributed by atoms with Crippen LogP contribution in [-0.4, -0.2) is 75.0 Å². The Hall–Kier alpha value is -1.92. The minimum Gasteiger partial charge on any atom is -0.365 e. The maximum absolute atomic E-state index is 13.1. The van der Waals surface area contributed by atoms with Gasteiger partial charge in [-0.25, -0.2) is 8.42 Å². The SMILES string of the molecule is CN1CCN(S(=O)(=O)c2ccc(N3CCC[C@@H](C(F)(F)F)C3)c([N+](=O)[O-])c2)CC1. The molecule has 0 unspecified atom stereocenters. The summed E-state index contributed by atoms with van der Waals surface area (Å²) in [6.07, 6.45) is -4.15. The second-order valence-electron chi connectivity index (χ2n) is 7.44. The van der Waals surface area contributed by atoms with Gasteiger partial charge in [0.1, 0.15) is 5.69 Å². The minimum atomic E-state index is -4.38. The maximum Gasteiger partial charge on any atom is 0.393 e. The Morgan fingerprint density at radius 1 is 1.14 bits per heavy atom. The topological polar surface area (TPSA) is 87.0 Å². The number of hydrogen-bond acceptors (Lipinski definition) is 6. The van der Waals surface area contributed by atoms with Crippen molar-refractivity contribution < 1.29 is 26.5 Å². The van der Waals surface area contributed by atoms with E-state index in [0.717, 1.165) is 6.07 Å². The normalized spacial score (nSPS) is 22.6. The van der Waals surface area contributed by atoms with Gasteiger partial charge in [0.25, 0.3) is 5.69 Å². The molecule has 12 heteroatoms. The van der Waals surface area contributed by atoms with Crippen LogP contribution in [0.2, 0.25) is 0 Å². The highest BCUT2D eigenvalue weighted by Crippen LogP contribution is 2.38. The number of halogens is 3. The third kappa shape index (κ3) is 4.64. The van der Waals surface area contributed by atoms with Crippen molar-refractivity contribution in [3.8, 4) is 0 Å². The van der Waals surface area contributed by atoms with Crippen LogP contribution in [0.5, 0.6) is 0 Å². The number of hydrogen-bond donors (Lipinski definition) is 0. The summed E-state index contributed by atoms with van der Waals surface area (Å²) in [5.41, 5.74) is -0.482. The van der Waals surface area contributed by atoms with Gasteiger partial charge in [0, 0.05) is 45.3 Å². The van der Waals surface area contributed by atoms with Crippen molar-refractivity contribution >= 4 is 21.4 Å². The molecule has 0 saturated carbocycles. The highest BCUT2D eigenvalue weighted by Gasteiger charge is 2.42. The lowest BCUT2D eigenvalue weighted by Crippen LogP contribution is -2.47. The van der Waals surface area contributed by atoms with Crippen LogP contribution < -0.4 is 4.90 Å². The molecule has 2 aliphatic heterocycles. The second kappa shape index (κ2) is 8.07. The van der Waals surface area contributed by atoms with Gasteiger partial charge in [-0.05, 0) is 32.0 Å². The van der Waals surface area contributed by atoms with Crippen molar-refractivity contribution in [3.63, 3.8) is 0 Å². The number of piperazine rings is 1. The number of alkyl halides is 3. The smallest absolute Gasteiger partial charge is 0.365 e. The van der Waals surface area contributed by atoms with E-state index < -0.39 is 32.7 Å². The maximum atomic E-state index is 13.1. The van der Waals surface area contributed by atoms with Gasteiger partial charge < -0.3 is 9.80 Å². The van der Waals surface area contributed by atoms with Gasteiger partial charge in [0.05, 0.1) is 15.7 Å². The molecular formula is C17H23F3N4O4S. The van der Waals surface area contributed by atoms with E-state index in [9.17, 15) is 31.7 Å². The molecule has 3 rings (SSSR count). The molecule has 1 aromatic carbocycles. The lowest BCUT2D eigenvalue weighted by atomic mass is 9.97. The highest BCUT2D eigenvalue weighted by molar-refractivity contribution is 7.89. The molecule has 1 aromatic rings. The van der Waals surface area contributed by atoms with Crippen LogP contribution in [0, 0.1) is 16.0 Å². The summed E-state index contributed by atoms with van der Waals surface area (Å²) in [4.78, 5) is 13.9. The molecule has 2 fully saturated rings. The molecule has 8 nitrogen and oxygen atoms in total. The zero-order valence-electron chi connectivity index (χ0n) is 15.9. The zero-order chi connectivity index (χ0) is 21.4. The molecule has 0 aliphatic carbocycles. The molecule has 0 bridgehead atoms. The molecule has 2 aliphatic rings. The standard InChI is InChI=1S/C17H23F3N4O4S/c1-21-7-9-23(10-8-21)29(27,28)14-4-5-15(16(11-14)24(25)26)22-6-2-3-13(12-22)17(18,19)20/h4-5,11,13H,2-3,6-10,12H2,1H3/t13-/m1/s1. The average Bonchev–Trinajstić information content (AvgIpc) is 2.67. The Balaban J connectivity index is 1.91. The Labute approximate surface area is 167 Å². The Morgan fingerprint density at radius 3 is 2.38 bits per heavy atom. The van der Waals surface area contributed by atoms with Gasteiger partial charge in [-0.15, -0.1) is 0 Å². The summed E-state index contributed by atoms with van der Waals surface area (Å²) < 4.78 is 66.3. The minimum absolute atomic E-state index is 0.0151. The molecule has 29 heavy (non-hydrogen) atoms. The van der Waals surface area contributed by atoms with E-state index >= 15 is 0 Å². The first-order chi connectivity index (χ1) is 13.5. The van der Waals surface area contributed by atoms with E-state index in [0.29, 0.717) is 13.1 Å². The third-order valence-electron chi connectivity index (χ3n) is 5.47. The first kappa shape index (κ1) is 21.8. The van der Waals surface area contributed by atoms with Crippen LogP contribution in [0.4, 0.5) is 24.5 Å². The number of benzene rings is 1. The quantitative estimate of drug-likeness (QED) is 0.532.